The molecule has 0 saturated carbocycles. The van der Waals surface area contributed by atoms with Gasteiger partial charge in [0, 0.05) is 39.1 Å². The first-order chi connectivity index (χ1) is 9.45. The summed E-state index contributed by atoms with van der Waals surface area (Å²) in [6.45, 7) is 3.23. The number of aliphatic hydroxyl groups is 1. The van der Waals surface area contributed by atoms with Gasteiger partial charge in [0.2, 0.25) is 10.0 Å². The van der Waals surface area contributed by atoms with Crippen LogP contribution in [0.25, 0.3) is 0 Å². The van der Waals surface area contributed by atoms with Crippen molar-refractivity contribution in [1.29, 1.82) is 0 Å². The molecule has 0 amide bonds. The van der Waals surface area contributed by atoms with Crippen LogP contribution in [0.5, 0.6) is 0 Å². The number of hydrogen-bond donors (Lipinski definition) is 1. The smallest absolute Gasteiger partial charge is 0.244 e. The average molecular weight is 301 g/mol. The number of aryl methyl sites for hydroxylation is 1. The lowest BCUT2D eigenvalue weighted by Crippen LogP contribution is -2.35. The molecule has 6 nitrogen and oxygen atoms in total. The lowest BCUT2D eigenvalue weighted by Gasteiger charge is -2.20. The van der Waals surface area contributed by atoms with Crippen LogP contribution >= 0.6 is 0 Å². The molecule has 0 unspecified atom stereocenters. The number of aliphatic hydroxyl groups excluding tert-OH is 1. The van der Waals surface area contributed by atoms with E-state index in [0.717, 1.165) is 19.6 Å². The fourth-order valence-corrected chi connectivity index (χ4v) is 3.72. The molecule has 0 radical (unpaired) electrons. The monoisotopic (exact) mass is 301 g/mol. The molecule has 1 aliphatic rings. The standard InChI is InChI=1S/C13H23N3O3S/c1-14-10-13(9-12(14)11-17)20(18,19)15(2)7-8-16-5-3-4-6-16/h9-10,17H,3-8,11H2,1-2H3. The van der Waals surface area contributed by atoms with Crippen LogP contribution in [0.1, 0.15) is 18.5 Å². The molecule has 1 aromatic rings. The van der Waals surface area contributed by atoms with E-state index in [2.05, 4.69) is 4.90 Å². The van der Waals surface area contributed by atoms with E-state index in [4.69, 9.17) is 5.11 Å². The van der Waals surface area contributed by atoms with Gasteiger partial charge in [0.1, 0.15) is 4.90 Å². The van der Waals surface area contributed by atoms with E-state index in [1.807, 2.05) is 0 Å². The van der Waals surface area contributed by atoms with Crippen molar-refractivity contribution in [3.63, 3.8) is 0 Å². The van der Waals surface area contributed by atoms with Gasteiger partial charge in [0.05, 0.1) is 6.61 Å². The lowest BCUT2D eigenvalue weighted by molar-refractivity contribution is 0.272. The van der Waals surface area contributed by atoms with Gasteiger partial charge in [-0.2, -0.15) is 4.31 Å². The molecule has 114 valence electrons. The van der Waals surface area contributed by atoms with Crippen LogP contribution in [0.15, 0.2) is 17.2 Å². The Kier molecular flexibility index (Phi) is 4.85. The molecule has 1 aromatic heterocycles. The van der Waals surface area contributed by atoms with Crippen molar-refractivity contribution in [3.05, 3.63) is 18.0 Å². The minimum atomic E-state index is -3.47. The molecule has 2 heterocycles. The summed E-state index contributed by atoms with van der Waals surface area (Å²) in [4.78, 5) is 2.53. The summed E-state index contributed by atoms with van der Waals surface area (Å²) in [6.07, 6.45) is 3.96. The van der Waals surface area contributed by atoms with Crippen molar-refractivity contribution < 1.29 is 13.5 Å². The third-order valence-corrected chi connectivity index (χ3v) is 5.70. The Hall–Kier alpha value is -0.890. The van der Waals surface area contributed by atoms with Crippen LogP contribution in [0, 0.1) is 0 Å². The molecule has 0 bridgehead atoms. The van der Waals surface area contributed by atoms with Gasteiger partial charge in [0.25, 0.3) is 0 Å². The number of hydrogen-bond acceptors (Lipinski definition) is 4. The van der Waals surface area contributed by atoms with Gasteiger partial charge in [0.15, 0.2) is 0 Å². The van der Waals surface area contributed by atoms with E-state index in [1.54, 1.807) is 24.9 Å². The highest BCUT2D eigenvalue weighted by Gasteiger charge is 2.23. The summed E-state index contributed by atoms with van der Waals surface area (Å²) < 4.78 is 27.9. The number of nitrogens with zero attached hydrogens (tertiary/aromatic N) is 3. The zero-order valence-electron chi connectivity index (χ0n) is 12.1. The average Bonchev–Trinajstić information content (AvgIpc) is 3.04. The van der Waals surface area contributed by atoms with Crippen LogP contribution in [-0.4, -0.2) is 60.5 Å². The summed E-state index contributed by atoms with van der Waals surface area (Å²) in [5, 5.41) is 9.15. The summed E-state index contributed by atoms with van der Waals surface area (Å²) in [5.41, 5.74) is 0.594. The Bertz CT molecular complexity index is 547. The number of likely N-dealkylation sites (N-methyl/N-ethyl adjacent to an activating group) is 1. The lowest BCUT2D eigenvalue weighted by atomic mass is 10.4. The topological polar surface area (TPSA) is 65.8 Å². The van der Waals surface area contributed by atoms with E-state index < -0.39 is 10.0 Å². The SMILES string of the molecule is CN(CCN1CCCC1)S(=O)(=O)c1cc(CO)n(C)c1. The Balaban J connectivity index is 2.03. The van der Waals surface area contributed by atoms with Gasteiger partial charge in [-0.05, 0) is 32.0 Å². The van der Waals surface area contributed by atoms with Crippen LogP contribution in [-0.2, 0) is 23.7 Å². The first kappa shape index (κ1) is 15.5. The van der Waals surface area contributed by atoms with Crippen LogP contribution in [0.4, 0.5) is 0 Å². The zero-order chi connectivity index (χ0) is 14.8. The second-order valence-corrected chi connectivity index (χ2v) is 7.36. The third kappa shape index (κ3) is 3.22. The molecule has 0 atom stereocenters. The molecule has 20 heavy (non-hydrogen) atoms. The van der Waals surface area contributed by atoms with Gasteiger partial charge in [-0.15, -0.1) is 0 Å². The highest BCUT2D eigenvalue weighted by Crippen LogP contribution is 2.18. The van der Waals surface area contributed by atoms with Crippen molar-refractivity contribution in [3.8, 4) is 0 Å². The van der Waals surface area contributed by atoms with Crippen molar-refractivity contribution in [2.45, 2.75) is 24.3 Å². The quantitative estimate of drug-likeness (QED) is 0.817. The maximum atomic E-state index is 12.4. The van der Waals surface area contributed by atoms with Crippen molar-refractivity contribution in [1.82, 2.24) is 13.8 Å². The highest BCUT2D eigenvalue weighted by molar-refractivity contribution is 7.89. The number of sulfonamides is 1. The predicted octanol–water partition coefficient (Wildman–Crippen LogP) is 0.234. The maximum absolute atomic E-state index is 12.4. The molecule has 7 heteroatoms. The summed E-state index contributed by atoms with van der Waals surface area (Å²) >= 11 is 0. The molecular formula is C13H23N3O3S. The molecule has 2 rings (SSSR count). The largest absolute Gasteiger partial charge is 0.390 e. The fraction of sp³-hybridized carbons (Fsp3) is 0.692. The minimum absolute atomic E-state index is 0.163. The highest BCUT2D eigenvalue weighted by atomic mass is 32.2. The Morgan fingerprint density at radius 3 is 2.55 bits per heavy atom. The molecule has 1 fully saturated rings. The molecule has 0 aromatic carbocycles. The Morgan fingerprint density at radius 2 is 2.00 bits per heavy atom. The fourth-order valence-electron chi connectivity index (χ4n) is 2.46. The van der Waals surface area contributed by atoms with E-state index in [1.165, 1.54) is 23.2 Å². The van der Waals surface area contributed by atoms with Gasteiger partial charge in [-0.1, -0.05) is 0 Å². The Labute approximate surface area is 120 Å². The third-order valence-electron chi connectivity index (χ3n) is 3.88. The summed E-state index contributed by atoms with van der Waals surface area (Å²) in [5.74, 6) is 0. The van der Waals surface area contributed by atoms with Crippen LogP contribution in [0.2, 0.25) is 0 Å². The van der Waals surface area contributed by atoms with E-state index in [9.17, 15) is 8.42 Å². The van der Waals surface area contributed by atoms with Gasteiger partial charge >= 0.3 is 0 Å². The number of rotatable bonds is 6. The molecule has 1 aliphatic heterocycles. The zero-order valence-corrected chi connectivity index (χ0v) is 12.9. The van der Waals surface area contributed by atoms with Crippen molar-refractivity contribution in [2.24, 2.45) is 7.05 Å². The minimum Gasteiger partial charge on any atom is -0.390 e. The first-order valence-corrected chi connectivity index (χ1v) is 8.34. The van der Waals surface area contributed by atoms with E-state index in [0.29, 0.717) is 12.2 Å². The summed E-state index contributed by atoms with van der Waals surface area (Å²) in [7, 11) is -0.129. The molecule has 1 saturated heterocycles. The first-order valence-electron chi connectivity index (χ1n) is 6.90. The van der Waals surface area contributed by atoms with Crippen LogP contribution in [0.3, 0.4) is 0 Å². The number of aromatic nitrogens is 1. The van der Waals surface area contributed by atoms with Crippen molar-refractivity contribution in [2.75, 3.05) is 33.2 Å². The van der Waals surface area contributed by atoms with Gasteiger partial charge < -0.3 is 14.6 Å². The number of likely N-dealkylation sites (tertiary alicyclic amines) is 1. The summed E-state index contributed by atoms with van der Waals surface area (Å²) in [6, 6.07) is 1.53. The molecule has 0 aliphatic carbocycles. The molecule has 1 N–H and O–H groups in total. The van der Waals surface area contributed by atoms with Crippen molar-refractivity contribution >= 4 is 10.0 Å². The molecule has 0 spiro atoms. The normalized spacial score (nSPS) is 17.2. The maximum Gasteiger partial charge on any atom is 0.244 e. The predicted molar refractivity (Wildman–Crippen MR) is 76.8 cm³/mol. The van der Waals surface area contributed by atoms with E-state index >= 15 is 0 Å². The molecular weight excluding hydrogens is 278 g/mol. The van der Waals surface area contributed by atoms with E-state index in [-0.39, 0.29) is 11.5 Å². The Morgan fingerprint density at radius 1 is 1.35 bits per heavy atom. The van der Waals surface area contributed by atoms with Gasteiger partial charge in [-0.3, -0.25) is 0 Å². The second kappa shape index (κ2) is 6.26. The van der Waals surface area contributed by atoms with Gasteiger partial charge in [-0.25, -0.2) is 8.42 Å². The second-order valence-electron chi connectivity index (χ2n) is 5.31. The van der Waals surface area contributed by atoms with Crippen LogP contribution < -0.4 is 0 Å².